The number of esters is 1. The van der Waals surface area contributed by atoms with Gasteiger partial charge in [0, 0.05) is 0 Å². The standard InChI is InChI=1S/C18H25NO4/c1-5-15(18(22)23-4)11-13(2)9-7-6-8-10-14(3)16(20)12-17(19)21/h5,7,9-11H,6,8,12H2,1-4H3,(H2,19,21)/b9-7+,13-11+,14-10+,15-5+. The van der Waals surface area contributed by atoms with Crippen molar-refractivity contribution in [2.75, 3.05) is 7.11 Å². The van der Waals surface area contributed by atoms with Crippen LogP contribution in [-0.4, -0.2) is 24.8 Å². The molecule has 0 aromatic rings. The maximum atomic E-state index is 11.5. The summed E-state index contributed by atoms with van der Waals surface area (Å²) >= 11 is 0. The first kappa shape index (κ1) is 20.6. The number of rotatable bonds is 9. The van der Waals surface area contributed by atoms with Crippen LogP contribution in [0.5, 0.6) is 0 Å². The number of ether oxygens (including phenoxy) is 1. The Kier molecular flexibility index (Phi) is 10.00. The number of ketones is 1. The third kappa shape index (κ3) is 9.24. The van der Waals surface area contributed by atoms with Crippen LogP contribution in [0.15, 0.2) is 47.1 Å². The van der Waals surface area contributed by atoms with Gasteiger partial charge in [-0.1, -0.05) is 29.9 Å². The van der Waals surface area contributed by atoms with Crippen LogP contribution in [0.25, 0.3) is 0 Å². The fourth-order valence-electron chi connectivity index (χ4n) is 1.75. The van der Waals surface area contributed by atoms with E-state index in [0.29, 0.717) is 17.6 Å². The van der Waals surface area contributed by atoms with Crippen molar-refractivity contribution in [1.29, 1.82) is 0 Å². The Labute approximate surface area is 137 Å². The zero-order chi connectivity index (χ0) is 17.8. The summed E-state index contributed by atoms with van der Waals surface area (Å²) in [7, 11) is 1.35. The average Bonchev–Trinajstić information content (AvgIpc) is 2.50. The highest BCUT2D eigenvalue weighted by molar-refractivity contribution is 6.06. The van der Waals surface area contributed by atoms with Gasteiger partial charge in [-0.05, 0) is 45.3 Å². The molecule has 0 rings (SSSR count). The number of nitrogens with two attached hydrogens (primary N) is 1. The highest BCUT2D eigenvalue weighted by atomic mass is 16.5. The molecule has 0 fully saturated rings. The quantitative estimate of drug-likeness (QED) is 0.233. The molecule has 23 heavy (non-hydrogen) atoms. The first-order valence-corrected chi connectivity index (χ1v) is 7.39. The summed E-state index contributed by atoms with van der Waals surface area (Å²) in [5.41, 5.74) is 6.96. The van der Waals surface area contributed by atoms with Gasteiger partial charge in [0.15, 0.2) is 5.78 Å². The van der Waals surface area contributed by atoms with Crippen molar-refractivity contribution in [3.8, 4) is 0 Å². The molecule has 0 aliphatic rings. The fraction of sp³-hybridized carbons (Fsp3) is 0.389. The molecule has 0 bridgehead atoms. The topological polar surface area (TPSA) is 86.5 Å². The summed E-state index contributed by atoms with van der Waals surface area (Å²) in [6.45, 7) is 5.34. The highest BCUT2D eigenvalue weighted by Crippen LogP contribution is 2.08. The van der Waals surface area contributed by atoms with Crippen molar-refractivity contribution >= 4 is 17.7 Å². The molecule has 0 aromatic carbocycles. The predicted molar refractivity (Wildman–Crippen MR) is 90.5 cm³/mol. The summed E-state index contributed by atoms with van der Waals surface area (Å²) < 4.78 is 4.67. The number of hydrogen-bond acceptors (Lipinski definition) is 4. The lowest BCUT2D eigenvalue weighted by Gasteiger charge is -2.00. The van der Waals surface area contributed by atoms with Crippen molar-refractivity contribution in [3.05, 3.63) is 47.1 Å². The SMILES string of the molecule is C\C=C(/C=C(C)/C=C/CC/C=C(\C)C(=O)CC(N)=O)C(=O)OC. The molecule has 0 aromatic heterocycles. The molecule has 0 atom stereocenters. The summed E-state index contributed by atoms with van der Waals surface area (Å²) in [5, 5.41) is 0. The van der Waals surface area contributed by atoms with E-state index in [-0.39, 0.29) is 18.2 Å². The van der Waals surface area contributed by atoms with Crippen molar-refractivity contribution in [2.24, 2.45) is 5.73 Å². The maximum Gasteiger partial charge on any atom is 0.337 e. The second-order valence-corrected chi connectivity index (χ2v) is 5.06. The number of carbonyl (C=O) groups is 3. The molecule has 5 heteroatoms. The number of unbranched alkanes of at least 4 members (excludes halogenated alkanes) is 1. The monoisotopic (exact) mass is 319 g/mol. The van der Waals surface area contributed by atoms with Crippen LogP contribution in [0.4, 0.5) is 0 Å². The number of primary amides is 1. The van der Waals surface area contributed by atoms with Crippen LogP contribution in [-0.2, 0) is 19.1 Å². The Morgan fingerprint density at radius 3 is 2.30 bits per heavy atom. The second kappa shape index (κ2) is 11.2. The van der Waals surface area contributed by atoms with Gasteiger partial charge in [0.2, 0.25) is 5.91 Å². The van der Waals surface area contributed by atoms with Gasteiger partial charge in [-0.3, -0.25) is 9.59 Å². The number of hydrogen-bond donors (Lipinski definition) is 1. The van der Waals surface area contributed by atoms with Crippen LogP contribution in [0.2, 0.25) is 0 Å². The number of amides is 1. The van der Waals surface area contributed by atoms with Crippen molar-refractivity contribution < 1.29 is 19.1 Å². The number of methoxy groups -OCH3 is 1. The number of carbonyl (C=O) groups excluding carboxylic acids is 3. The lowest BCUT2D eigenvalue weighted by Crippen LogP contribution is -2.16. The molecule has 0 spiro atoms. The van der Waals surface area contributed by atoms with Crippen LogP contribution in [0.3, 0.4) is 0 Å². The molecule has 0 saturated carbocycles. The first-order chi connectivity index (χ1) is 10.8. The molecule has 0 aliphatic heterocycles. The zero-order valence-electron chi connectivity index (χ0n) is 14.2. The van der Waals surface area contributed by atoms with Gasteiger partial charge in [-0.2, -0.15) is 0 Å². The summed E-state index contributed by atoms with van der Waals surface area (Å²) in [6.07, 6.45) is 10.3. The fourth-order valence-corrected chi connectivity index (χ4v) is 1.75. The molecule has 0 heterocycles. The van der Waals surface area contributed by atoms with E-state index in [1.54, 1.807) is 32.1 Å². The number of allylic oxidation sites excluding steroid dienone is 6. The van der Waals surface area contributed by atoms with Gasteiger partial charge in [0.05, 0.1) is 19.1 Å². The van der Waals surface area contributed by atoms with Crippen molar-refractivity contribution in [3.63, 3.8) is 0 Å². The van der Waals surface area contributed by atoms with E-state index in [9.17, 15) is 14.4 Å². The normalized spacial score (nSPS) is 13.3. The Balaban J connectivity index is 4.47. The molecule has 0 aliphatic carbocycles. The second-order valence-electron chi connectivity index (χ2n) is 5.06. The molecule has 126 valence electrons. The minimum Gasteiger partial charge on any atom is -0.465 e. The summed E-state index contributed by atoms with van der Waals surface area (Å²) in [5.74, 6) is -1.23. The minimum atomic E-state index is -0.617. The first-order valence-electron chi connectivity index (χ1n) is 7.39. The minimum absolute atomic E-state index is 0.242. The average molecular weight is 319 g/mol. The summed E-state index contributed by atoms with van der Waals surface area (Å²) in [4.78, 5) is 33.6. The third-order valence-electron chi connectivity index (χ3n) is 3.05. The molecule has 0 unspecified atom stereocenters. The molecule has 1 amide bonds. The van der Waals surface area contributed by atoms with Gasteiger partial charge in [0.25, 0.3) is 0 Å². The molecule has 5 nitrogen and oxygen atoms in total. The Morgan fingerprint density at radius 2 is 1.78 bits per heavy atom. The van der Waals surface area contributed by atoms with Gasteiger partial charge < -0.3 is 10.5 Å². The molecule has 2 N–H and O–H groups in total. The van der Waals surface area contributed by atoms with Crippen LogP contribution in [0.1, 0.15) is 40.0 Å². The third-order valence-corrected chi connectivity index (χ3v) is 3.05. The van der Waals surface area contributed by atoms with Crippen molar-refractivity contribution in [2.45, 2.75) is 40.0 Å². The zero-order valence-corrected chi connectivity index (χ0v) is 14.2. The van der Waals surface area contributed by atoms with E-state index in [2.05, 4.69) is 4.74 Å². The number of Topliss-reactive ketones (excluding diaryl/α,β-unsaturated/α-hetero) is 1. The van der Waals surface area contributed by atoms with E-state index in [4.69, 9.17) is 5.73 Å². The Hall–Kier alpha value is -2.43. The van der Waals surface area contributed by atoms with Gasteiger partial charge in [-0.25, -0.2) is 4.79 Å². The van der Waals surface area contributed by atoms with Crippen LogP contribution < -0.4 is 5.73 Å². The molecular formula is C18H25NO4. The largest absolute Gasteiger partial charge is 0.465 e. The van der Waals surface area contributed by atoms with Gasteiger partial charge in [-0.15, -0.1) is 0 Å². The van der Waals surface area contributed by atoms with E-state index < -0.39 is 5.91 Å². The Morgan fingerprint density at radius 1 is 1.13 bits per heavy atom. The Bertz CT molecular complexity index is 566. The van der Waals surface area contributed by atoms with E-state index >= 15 is 0 Å². The van der Waals surface area contributed by atoms with Gasteiger partial charge in [0.1, 0.15) is 0 Å². The summed E-state index contributed by atoms with van der Waals surface area (Å²) in [6, 6.07) is 0. The van der Waals surface area contributed by atoms with Crippen molar-refractivity contribution in [1.82, 2.24) is 0 Å². The van der Waals surface area contributed by atoms with Gasteiger partial charge >= 0.3 is 5.97 Å². The van der Waals surface area contributed by atoms with E-state index in [0.717, 1.165) is 12.0 Å². The lowest BCUT2D eigenvalue weighted by atomic mass is 10.1. The molecule has 0 saturated heterocycles. The van der Waals surface area contributed by atoms with E-state index in [1.165, 1.54) is 7.11 Å². The molecule has 0 radical (unpaired) electrons. The maximum absolute atomic E-state index is 11.5. The predicted octanol–water partition coefficient (Wildman–Crippen LogP) is 2.78. The van der Waals surface area contributed by atoms with E-state index in [1.807, 2.05) is 19.1 Å². The lowest BCUT2D eigenvalue weighted by molar-refractivity contribution is -0.135. The molecular weight excluding hydrogens is 294 g/mol. The van der Waals surface area contributed by atoms with Crippen LogP contribution >= 0.6 is 0 Å². The smallest absolute Gasteiger partial charge is 0.337 e. The van der Waals surface area contributed by atoms with Crippen LogP contribution in [0, 0.1) is 0 Å². The highest BCUT2D eigenvalue weighted by Gasteiger charge is 2.07.